The van der Waals surface area contributed by atoms with Crippen LogP contribution < -0.4 is 11.3 Å². The standard InChI is InChI=1S/C14H12N2OS/c15-11-5-6-14(17)16(8-11)7-10-9-18-13-4-2-1-3-12(10)13/h1-6,8-9H,7,15H2. The fourth-order valence-electron chi connectivity index (χ4n) is 2.01. The van der Waals surface area contributed by atoms with E-state index in [9.17, 15) is 4.79 Å². The number of hydrogen-bond donors (Lipinski definition) is 1. The van der Waals surface area contributed by atoms with E-state index in [2.05, 4.69) is 17.5 Å². The van der Waals surface area contributed by atoms with Gasteiger partial charge >= 0.3 is 0 Å². The lowest BCUT2D eigenvalue weighted by atomic mass is 10.2. The van der Waals surface area contributed by atoms with Gasteiger partial charge in [0.05, 0.1) is 6.54 Å². The normalized spacial score (nSPS) is 10.9. The van der Waals surface area contributed by atoms with Crippen LogP contribution in [0.2, 0.25) is 0 Å². The van der Waals surface area contributed by atoms with Gasteiger partial charge in [-0.1, -0.05) is 18.2 Å². The van der Waals surface area contributed by atoms with Crippen LogP contribution in [0.1, 0.15) is 5.56 Å². The summed E-state index contributed by atoms with van der Waals surface area (Å²) >= 11 is 1.70. The van der Waals surface area contributed by atoms with Crippen molar-refractivity contribution < 1.29 is 0 Å². The number of aromatic nitrogens is 1. The van der Waals surface area contributed by atoms with Crippen LogP contribution in [0.3, 0.4) is 0 Å². The van der Waals surface area contributed by atoms with Gasteiger partial charge in [0.1, 0.15) is 0 Å². The molecule has 0 saturated carbocycles. The molecule has 0 spiro atoms. The molecule has 18 heavy (non-hydrogen) atoms. The number of pyridine rings is 1. The number of nitrogens with two attached hydrogens (primary N) is 1. The van der Waals surface area contributed by atoms with Crippen molar-refractivity contribution in [2.75, 3.05) is 5.73 Å². The highest BCUT2D eigenvalue weighted by Gasteiger charge is 2.05. The molecule has 3 nitrogen and oxygen atoms in total. The first kappa shape index (κ1) is 11.0. The lowest BCUT2D eigenvalue weighted by Gasteiger charge is -2.05. The van der Waals surface area contributed by atoms with E-state index in [1.54, 1.807) is 28.2 Å². The first-order chi connectivity index (χ1) is 8.74. The molecule has 0 bridgehead atoms. The minimum atomic E-state index is -0.0283. The third-order valence-corrected chi connectivity index (χ3v) is 3.92. The van der Waals surface area contributed by atoms with Gasteiger partial charge in [0.25, 0.3) is 5.56 Å². The lowest BCUT2D eigenvalue weighted by molar-refractivity contribution is 0.768. The van der Waals surface area contributed by atoms with E-state index in [0.717, 1.165) is 5.56 Å². The van der Waals surface area contributed by atoms with Gasteiger partial charge in [-0.25, -0.2) is 0 Å². The first-order valence-electron chi connectivity index (χ1n) is 5.65. The topological polar surface area (TPSA) is 48.0 Å². The molecular weight excluding hydrogens is 244 g/mol. The predicted molar refractivity (Wildman–Crippen MR) is 76.0 cm³/mol. The zero-order valence-electron chi connectivity index (χ0n) is 9.67. The van der Waals surface area contributed by atoms with Crippen LogP contribution in [0.15, 0.2) is 52.8 Å². The van der Waals surface area contributed by atoms with Gasteiger partial charge in [-0.05, 0) is 28.5 Å². The van der Waals surface area contributed by atoms with Crippen LogP contribution in [-0.4, -0.2) is 4.57 Å². The average molecular weight is 256 g/mol. The van der Waals surface area contributed by atoms with E-state index in [4.69, 9.17) is 5.73 Å². The molecule has 0 radical (unpaired) electrons. The maximum atomic E-state index is 11.7. The molecular formula is C14H12N2OS. The van der Waals surface area contributed by atoms with Crippen LogP contribution in [0, 0.1) is 0 Å². The minimum Gasteiger partial charge on any atom is -0.398 e. The third-order valence-electron chi connectivity index (χ3n) is 2.91. The van der Waals surface area contributed by atoms with Gasteiger partial charge in [0, 0.05) is 22.7 Å². The Kier molecular flexibility index (Phi) is 2.64. The molecule has 0 aliphatic rings. The number of hydrogen-bond acceptors (Lipinski definition) is 3. The highest BCUT2D eigenvalue weighted by Crippen LogP contribution is 2.25. The van der Waals surface area contributed by atoms with Gasteiger partial charge in [-0.15, -0.1) is 11.3 Å². The molecule has 3 aromatic rings. The summed E-state index contributed by atoms with van der Waals surface area (Å²) in [6, 6.07) is 11.3. The Morgan fingerprint density at radius 1 is 1.17 bits per heavy atom. The van der Waals surface area contributed by atoms with Crippen molar-refractivity contribution in [1.29, 1.82) is 0 Å². The quantitative estimate of drug-likeness (QED) is 0.766. The van der Waals surface area contributed by atoms with Crippen molar-refractivity contribution in [2.45, 2.75) is 6.54 Å². The van der Waals surface area contributed by atoms with Gasteiger partial charge in [-0.2, -0.15) is 0 Å². The van der Waals surface area contributed by atoms with Crippen molar-refractivity contribution in [3.63, 3.8) is 0 Å². The highest BCUT2D eigenvalue weighted by molar-refractivity contribution is 7.17. The number of rotatable bonds is 2. The van der Waals surface area contributed by atoms with E-state index in [1.807, 2.05) is 12.1 Å². The monoisotopic (exact) mass is 256 g/mol. The highest BCUT2D eigenvalue weighted by atomic mass is 32.1. The van der Waals surface area contributed by atoms with Crippen molar-refractivity contribution in [3.8, 4) is 0 Å². The molecule has 0 unspecified atom stereocenters. The summed E-state index contributed by atoms with van der Waals surface area (Å²) in [6.45, 7) is 0.563. The van der Waals surface area contributed by atoms with Crippen LogP contribution in [0.5, 0.6) is 0 Å². The third kappa shape index (κ3) is 1.91. The number of nitrogen functional groups attached to an aromatic ring is 1. The van der Waals surface area contributed by atoms with Crippen molar-refractivity contribution in [2.24, 2.45) is 0 Å². The van der Waals surface area contributed by atoms with E-state index >= 15 is 0 Å². The number of thiophene rings is 1. The molecule has 0 aliphatic carbocycles. The maximum absolute atomic E-state index is 11.7. The van der Waals surface area contributed by atoms with Gasteiger partial charge in [0.15, 0.2) is 0 Å². The van der Waals surface area contributed by atoms with E-state index in [-0.39, 0.29) is 5.56 Å². The molecule has 1 aromatic carbocycles. The smallest absolute Gasteiger partial charge is 0.250 e. The minimum absolute atomic E-state index is 0.0283. The summed E-state index contributed by atoms with van der Waals surface area (Å²) in [5, 5.41) is 3.30. The fourth-order valence-corrected chi connectivity index (χ4v) is 2.97. The molecule has 90 valence electrons. The summed E-state index contributed by atoms with van der Waals surface area (Å²) in [4.78, 5) is 11.7. The molecule has 0 atom stereocenters. The summed E-state index contributed by atoms with van der Waals surface area (Å²) in [6.07, 6.45) is 1.69. The average Bonchev–Trinajstić information content (AvgIpc) is 2.78. The SMILES string of the molecule is Nc1ccc(=O)n(Cc2csc3ccccc23)c1. The fraction of sp³-hybridized carbons (Fsp3) is 0.0714. The van der Waals surface area contributed by atoms with Crippen LogP contribution in [0.25, 0.3) is 10.1 Å². The Bertz CT molecular complexity index is 758. The van der Waals surface area contributed by atoms with E-state index in [0.29, 0.717) is 12.2 Å². The van der Waals surface area contributed by atoms with Gasteiger partial charge < -0.3 is 10.3 Å². The Labute approximate surface area is 108 Å². The summed E-state index contributed by atoms with van der Waals surface area (Å²) in [5.74, 6) is 0. The Balaban J connectivity index is 2.07. The molecule has 2 heterocycles. The molecule has 2 N–H and O–H groups in total. The summed E-state index contributed by atoms with van der Waals surface area (Å²) in [7, 11) is 0. The molecule has 0 aliphatic heterocycles. The number of fused-ring (bicyclic) bond motifs is 1. The zero-order chi connectivity index (χ0) is 12.5. The van der Waals surface area contributed by atoms with Crippen molar-refractivity contribution in [1.82, 2.24) is 4.57 Å². The van der Waals surface area contributed by atoms with Crippen molar-refractivity contribution in [3.05, 3.63) is 63.9 Å². The van der Waals surface area contributed by atoms with Crippen LogP contribution >= 0.6 is 11.3 Å². The van der Waals surface area contributed by atoms with E-state index in [1.165, 1.54) is 16.2 Å². The molecule has 0 saturated heterocycles. The van der Waals surface area contributed by atoms with Crippen LogP contribution in [0.4, 0.5) is 5.69 Å². The Hall–Kier alpha value is -2.07. The summed E-state index contributed by atoms with van der Waals surface area (Å²) in [5.41, 5.74) is 7.45. The first-order valence-corrected chi connectivity index (χ1v) is 6.53. The number of anilines is 1. The second-order valence-electron chi connectivity index (χ2n) is 4.19. The van der Waals surface area contributed by atoms with Gasteiger partial charge in [0.2, 0.25) is 0 Å². The maximum Gasteiger partial charge on any atom is 0.250 e. The van der Waals surface area contributed by atoms with Gasteiger partial charge in [-0.3, -0.25) is 4.79 Å². The largest absolute Gasteiger partial charge is 0.398 e. The van der Waals surface area contributed by atoms with E-state index < -0.39 is 0 Å². The second-order valence-corrected chi connectivity index (χ2v) is 5.10. The second kappa shape index (κ2) is 4.31. The van der Waals surface area contributed by atoms with Crippen LogP contribution in [-0.2, 0) is 6.54 Å². The Morgan fingerprint density at radius 3 is 2.89 bits per heavy atom. The van der Waals surface area contributed by atoms with Crippen molar-refractivity contribution >= 4 is 27.1 Å². The molecule has 2 aromatic heterocycles. The molecule has 3 rings (SSSR count). The molecule has 4 heteroatoms. The Morgan fingerprint density at radius 2 is 2.00 bits per heavy atom. The molecule has 0 fully saturated rings. The lowest BCUT2D eigenvalue weighted by Crippen LogP contribution is -2.19. The number of nitrogens with zero attached hydrogens (tertiary/aromatic N) is 1. The zero-order valence-corrected chi connectivity index (χ0v) is 10.5. The summed E-state index contributed by atoms with van der Waals surface area (Å²) < 4.78 is 2.88. The number of benzene rings is 1. The molecule has 0 amide bonds. The predicted octanol–water partition coefficient (Wildman–Crippen LogP) is 2.69.